The summed E-state index contributed by atoms with van der Waals surface area (Å²) in [4.78, 5) is 29.4. The SMILES string of the molecule is CO[C@H]1CN(C)C(=O)c2ccc(NC(=O)Nc3ccccc3F)cc2OC[C@H](C)N(C)C[C@@H]1C. The number of rotatable bonds is 3. The third-order valence-electron chi connectivity index (χ3n) is 6.14. The molecule has 0 saturated carbocycles. The largest absolute Gasteiger partial charge is 0.491 e. The number of halogens is 1. The Morgan fingerprint density at radius 2 is 1.85 bits per heavy atom. The molecule has 0 bridgehead atoms. The molecule has 0 fully saturated rings. The third-order valence-corrected chi connectivity index (χ3v) is 6.14. The number of amides is 3. The molecule has 1 aliphatic heterocycles. The summed E-state index contributed by atoms with van der Waals surface area (Å²) in [7, 11) is 5.43. The second-order valence-electron chi connectivity index (χ2n) is 8.81. The summed E-state index contributed by atoms with van der Waals surface area (Å²) in [5.74, 6) is -0.156. The van der Waals surface area contributed by atoms with Crippen LogP contribution in [-0.4, -0.2) is 74.8 Å². The van der Waals surface area contributed by atoms with Gasteiger partial charge in [-0.05, 0) is 44.2 Å². The minimum atomic E-state index is -0.605. The fourth-order valence-electron chi connectivity index (χ4n) is 3.88. The molecule has 1 aliphatic rings. The number of anilines is 2. The van der Waals surface area contributed by atoms with E-state index in [9.17, 15) is 14.0 Å². The monoisotopic (exact) mass is 472 g/mol. The molecule has 0 saturated heterocycles. The van der Waals surface area contributed by atoms with E-state index in [0.29, 0.717) is 30.2 Å². The van der Waals surface area contributed by atoms with Crippen LogP contribution in [0.2, 0.25) is 0 Å². The molecule has 0 spiro atoms. The van der Waals surface area contributed by atoms with E-state index < -0.39 is 11.8 Å². The molecular weight excluding hydrogens is 439 g/mol. The number of fused-ring (bicyclic) bond motifs is 1. The lowest BCUT2D eigenvalue weighted by Crippen LogP contribution is -2.45. The van der Waals surface area contributed by atoms with Gasteiger partial charge in [-0.15, -0.1) is 0 Å². The van der Waals surface area contributed by atoms with Crippen molar-refractivity contribution in [3.05, 3.63) is 53.8 Å². The first kappa shape index (κ1) is 25.5. The van der Waals surface area contributed by atoms with Crippen molar-refractivity contribution < 1.29 is 23.5 Å². The van der Waals surface area contributed by atoms with Gasteiger partial charge in [-0.25, -0.2) is 9.18 Å². The molecule has 0 radical (unpaired) electrons. The lowest BCUT2D eigenvalue weighted by molar-refractivity contribution is 0.0150. The maximum atomic E-state index is 13.8. The van der Waals surface area contributed by atoms with E-state index in [2.05, 4.69) is 29.4 Å². The average molecular weight is 473 g/mol. The Kier molecular flexibility index (Phi) is 8.46. The van der Waals surface area contributed by atoms with Gasteiger partial charge in [0.25, 0.3) is 5.91 Å². The summed E-state index contributed by atoms with van der Waals surface area (Å²) in [5.41, 5.74) is 0.873. The predicted molar refractivity (Wildman–Crippen MR) is 130 cm³/mol. The summed E-state index contributed by atoms with van der Waals surface area (Å²) in [6.45, 7) is 5.74. The number of carbonyl (C=O) groups excluding carboxylic acids is 2. The topological polar surface area (TPSA) is 83.1 Å². The van der Waals surface area contributed by atoms with Gasteiger partial charge in [0.15, 0.2) is 0 Å². The third kappa shape index (κ3) is 6.24. The van der Waals surface area contributed by atoms with Crippen LogP contribution in [0.5, 0.6) is 5.75 Å². The number of methoxy groups -OCH3 is 1. The standard InChI is InChI=1S/C25H33FN4O4/c1-16-13-29(3)17(2)15-34-22-12-18(27-25(32)28-21-9-7-6-8-20(21)26)10-11-19(22)24(31)30(4)14-23(16)33-5/h6-12,16-17,23H,13-15H2,1-5H3,(H2,27,28,32)/t16-,17-,23-/m0/s1. The second kappa shape index (κ2) is 11.3. The van der Waals surface area contributed by atoms with Crippen LogP contribution in [0.3, 0.4) is 0 Å². The van der Waals surface area contributed by atoms with Gasteiger partial charge < -0.3 is 25.0 Å². The molecule has 184 valence electrons. The average Bonchev–Trinajstić information content (AvgIpc) is 2.81. The Morgan fingerprint density at radius 3 is 2.56 bits per heavy atom. The van der Waals surface area contributed by atoms with Crippen LogP contribution in [0.15, 0.2) is 42.5 Å². The first-order chi connectivity index (χ1) is 16.2. The van der Waals surface area contributed by atoms with Crippen LogP contribution in [0, 0.1) is 11.7 Å². The summed E-state index contributed by atoms with van der Waals surface area (Å²) in [6, 6.07) is 10.2. The quantitative estimate of drug-likeness (QED) is 0.708. The van der Waals surface area contributed by atoms with Crippen molar-refractivity contribution in [1.29, 1.82) is 0 Å². The van der Waals surface area contributed by atoms with Crippen molar-refractivity contribution in [2.75, 3.05) is 51.5 Å². The molecule has 9 heteroatoms. The van der Waals surface area contributed by atoms with Crippen LogP contribution >= 0.6 is 0 Å². The number of benzene rings is 2. The molecule has 1 heterocycles. The van der Waals surface area contributed by atoms with Gasteiger partial charge in [-0.1, -0.05) is 19.1 Å². The Morgan fingerprint density at radius 1 is 1.12 bits per heavy atom. The number of ether oxygens (including phenoxy) is 2. The zero-order chi connectivity index (χ0) is 24.8. The zero-order valence-electron chi connectivity index (χ0n) is 20.3. The van der Waals surface area contributed by atoms with E-state index in [0.717, 1.165) is 6.54 Å². The van der Waals surface area contributed by atoms with Gasteiger partial charge in [0.1, 0.15) is 18.2 Å². The van der Waals surface area contributed by atoms with E-state index in [-0.39, 0.29) is 29.7 Å². The van der Waals surface area contributed by atoms with Crippen molar-refractivity contribution in [2.45, 2.75) is 26.0 Å². The Bertz CT molecular complexity index is 1020. The van der Waals surface area contributed by atoms with Gasteiger partial charge in [-0.3, -0.25) is 9.69 Å². The summed E-state index contributed by atoms with van der Waals surface area (Å²) in [6.07, 6.45) is -0.115. The zero-order valence-corrected chi connectivity index (χ0v) is 20.3. The second-order valence-corrected chi connectivity index (χ2v) is 8.81. The van der Waals surface area contributed by atoms with Crippen LogP contribution in [0.4, 0.5) is 20.6 Å². The van der Waals surface area contributed by atoms with Crippen LogP contribution in [0.25, 0.3) is 0 Å². The molecule has 3 rings (SSSR count). The number of para-hydroxylation sites is 1. The van der Waals surface area contributed by atoms with E-state index in [4.69, 9.17) is 9.47 Å². The van der Waals surface area contributed by atoms with Crippen molar-refractivity contribution in [2.24, 2.45) is 5.92 Å². The highest BCUT2D eigenvalue weighted by Crippen LogP contribution is 2.27. The lowest BCUT2D eigenvalue weighted by Gasteiger charge is -2.34. The van der Waals surface area contributed by atoms with Gasteiger partial charge in [0, 0.05) is 45.0 Å². The van der Waals surface area contributed by atoms with Crippen LogP contribution in [0.1, 0.15) is 24.2 Å². The normalized spacial score (nSPS) is 22.1. The lowest BCUT2D eigenvalue weighted by atomic mass is 10.0. The Hall–Kier alpha value is -3.17. The molecule has 3 atom stereocenters. The molecular formula is C25H33FN4O4. The number of hydrogen-bond acceptors (Lipinski definition) is 5. The van der Waals surface area contributed by atoms with Crippen molar-refractivity contribution in [3.63, 3.8) is 0 Å². The smallest absolute Gasteiger partial charge is 0.323 e. The minimum Gasteiger partial charge on any atom is -0.491 e. The number of nitrogens with one attached hydrogen (secondary N) is 2. The van der Waals surface area contributed by atoms with E-state index in [1.807, 2.05) is 7.05 Å². The van der Waals surface area contributed by atoms with Crippen molar-refractivity contribution >= 4 is 23.3 Å². The highest BCUT2D eigenvalue weighted by molar-refractivity contribution is 6.01. The van der Waals surface area contributed by atoms with E-state index in [1.165, 1.54) is 12.1 Å². The highest BCUT2D eigenvalue weighted by atomic mass is 19.1. The summed E-state index contributed by atoms with van der Waals surface area (Å²) < 4.78 is 25.6. The fraction of sp³-hybridized carbons (Fsp3) is 0.440. The molecule has 0 aliphatic carbocycles. The molecule has 0 unspecified atom stereocenters. The number of likely N-dealkylation sites (N-methyl/N-ethyl adjacent to an activating group) is 2. The van der Waals surface area contributed by atoms with Crippen molar-refractivity contribution in [3.8, 4) is 5.75 Å². The number of nitrogens with zero attached hydrogens (tertiary/aromatic N) is 2. The molecule has 2 N–H and O–H groups in total. The molecule has 2 aromatic rings. The maximum Gasteiger partial charge on any atom is 0.323 e. The fourth-order valence-corrected chi connectivity index (χ4v) is 3.88. The first-order valence-electron chi connectivity index (χ1n) is 11.3. The highest BCUT2D eigenvalue weighted by Gasteiger charge is 2.27. The number of urea groups is 1. The van der Waals surface area contributed by atoms with Gasteiger partial charge in [0.05, 0.1) is 17.4 Å². The maximum absolute atomic E-state index is 13.8. The van der Waals surface area contributed by atoms with E-state index >= 15 is 0 Å². The minimum absolute atomic E-state index is 0.0677. The van der Waals surface area contributed by atoms with Gasteiger partial charge in [-0.2, -0.15) is 0 Å². The van der Waals surface area contributed by atoms with Crippen molar-refractivity contribution in [1.82, 2.24) is 9.80 Å². The van der Waals surface area contributed by atoms with Crippen LogP contribution in [-0.2, 0) is 4.74 Å². The Balaban J connectivity index is 1.84. The molecule has 3 amide bonds. The van der Waals surface area contributed by atoms with Crippen LogP contribution < -0.4 is 15.4 Å². The first-order valence-corrected chi connectivity index (χ1v) is 11.3. The van der Waals surface area contributed by atoms with Gasteiger partial charge in [0.2, 0.25) is 0 Å². The predicted octanol–water partition coefficient (Wildman–Crippen LogP) is 3.91. The number of hydrogen-bond donors (Lipinski definition) is 2. The van der Waals surface area contributed by atoms with E-state index in [1.54, 1.807) is 49.4 Å². The molecule has 8 nitrogen and oxygen atoms in total. The molecule has 0 aromatic heterocycles. The molecule has 2 aromatic carbocycles. The molecule has 34 heavy (non-hydrogen) atoms. The van der Waals surface area contributed by atoms with Gasteiger partial charge >= 0.3 is 6.03 Å². The Labute approximate surface area is 200 Å². The summed E-state index contributed by atoms with van der Waals surface area (Å²) >= 11 is 0. The summed E-state index contributed by atoms with van der Waals surface area (Å²) in [5, 5.41) is 5.15. The number of carbonyl (C=O) groups is 2.